The minimum atomic E-state index is -1.27. The number of thiocarbonyl (C=S) groups is 1. The Morgan fingerprint density at radius 3 is 2.53 bits per heavy atom. The molecule has 0 saturated carbocycles. The van der Waals surface area contributed by atoms with Crippen LogP contribution in [0.3, 0.4) is 0 Å². The molecule has 164 valence electrons. The largest absolute Gasteiger partial charge is 0.301 e. The molecule has 0 aromatic heterocycles. The second kappa shape index (κ2) is 10.4. The Morgan fingerprint density at radius 2 is 1.91 bits per heavy atom. The summed E-state index contributed by atoms with van der Waals surface area (Å²) < 4.78 is 0.813. The highest BCUT2D eigenvalue weighted by Gasteiger charge is 2.38. The van der Waals surface area contributed by atoms with Gasteiger partial charge >= 0.3 is 0 Å². The maximum Gasteiger partial charge on any atom is 0.269 e. The third-order valence-corrected chi connectivity index (χ3v) is 5.94. The van der Waals surface area contributed by atoms with E-state index >= 15 is 0 Å². The first kappa shape index (κ1) is 23.5. The first-order valence-corrected chi connectivity index (χ1v) is 11.1. The molecule has 1 atom stereocenters. The maximum absolute atomic E-state index is 12.8. The van der Waals surface area contributed by atoms with Gasteiger partial charge in [-0.05, 0) is 48.6 Å². The number of benzene rings is 2. The van der Waals surface area contributed by atoms with Crippen LogP contribution in [0.25, 0.3) is 0 Å². The summed E-state index contributed by atoms with van der Waals surface area (Å²) in [5, 5.41) is 16.8. The molecule has 13 heteroatoms. The molecule has 1 saturated heterocycles. The second-order valence-electron chi connectivity index (χ2n) is 6.27. The Hall–Kier alpha value is -3.16. The summed E-state index contributed by atoms with van der Waals surface area (Å²) in [6, 6.07) is 12.5. The number of thioether (sulfide) groups is 1. The fourth-order valence-corrected chi connectivity index (χ4v) is 3.84. The van der Waals surface area contributed by atoms with Crippen LogP contribution in [0.1, 0.15) is 0 Å². The summed E-state index contributed by atoms with van der Waals surface area (Å²) in [6.07, 6.45) is 1.04. The van der Waals surface area contributed by atoms with Crippen molar-refractivity contribution in [3.05, 3.63) is 63.1 Å². The molecule has 1 heterocycles. The molecule has 0 unspecified atom stereocenters. The number of nitrogens with one attached hydrogen (secondary N) is 2. The second-order valence-corrected chi connectivity index (χ2v) is 8.63. The minimum absolute atomic E-state index is 0.0188. The number of nitro benzene ring substituents is 1. The van der Waals surface area contributed by atoms with Crippen molar-refractivity contribution in [1.82, 2.24) is 10.7 Å². The quantitative estimate of drug-likeness (QED) is 0.139. The van der Waals surface area contributed by atoms with Gasteiger partial charge in [0.25, 0.3) is 11.6 Å². The van der Waals surface area contributed by atoms with E-state index in [4.69, 9.17) is 12.2 Å². The summed E-state index contributed by atoms with van der Waals surface area (Å²) >= 11 is 9.57. The summed E-state index contributed by atoms with van der Waals surface area (Å²) in [7, 11) is 0. The number of rotatable bonds is 7. The average molecular weight is 536 g/mol. The molecule has 1 aliphatic rings. The van der Waals surface area contributed by atoms with Crippen molar-refractivity contribution in [2.75, 3.05) is 10.7 Å². The molecule has 10 nitrogen and oxygen atoms in total. The number of halogens is 1. The molecule has 0 bridgehead atoms. The lowest BCUT2D eigenvalue weighted by atomic mass is 10.1. The molecule has 0 spiro atoms. The number of nitro groups is 1. The Labute approximate surface area is 199 Å². The summed E-state index contributed by atoms with van der Waals surface area (Å²) in [4.78, 5) is 49.0. The van der Waals surface area contributed by atoms with Crippen molar-refractivity contribution >= 4 is 80.3 Å². The lowest BCUT2D eigenvalue weighted by Gasteiger charge is -2.30. The Kier molecular flexibility index (Phi) is 7.66. The lowest BCUT2D eigenvalue weighted by Crippen LogP contribution is -2.58. The number of carbonyl (C=O) groups is 3. The van der Waals surface area contributed by atoms with E-state index in [1.807, 2.05) is 0 Å². The van der Waals surface area contributed by atoms with Gasteiger partial charge in [-0.15, -0.1) is 11.8 Å². The number of hydrazone groups is 1. The van der Waals surface area contributed by atoms with Crippen molar-refractivity contribution in [3.8, 4) is 0 Å². The fourth-order valence-electron chi connectivity index (χ4n) is 2.59. The van der Waals surface area contributed by atoms with Gasteiger partial charge in [0.2, 0.25) is 11.8 Å². The van der Waals surface area contributed by atoms with Gasteiger partial charge in [-0.1, -0.05) is 15.9 Å². The molecule has 2 aromatic carbocycles. The first-order valence-electron chi connectivity index (χ1n) is 8.90. The minimum Gasteiger partial charge on any atom is -0.301 e. The zero-order valence-corrected chi connectivity index (χ0v) is 19.3. The Morgan fingerprint density at radius 1 is 1.25 bits per heavy atom. The van der Waals surface area contributed by atoms with Crippen LogP contribution in [-0.4, -0.2) is 39.7 Å². The normalized spacial score (nSPS) is 16.2. The van der Waals surface area contributed by atoms with Crippen LogP contribution in [0.5, 0.6) is 0 Å². The summed E-state index contributed by atoms with van der Waals surface area (Å²) in [6.45, 7) is 0. The van der Waals surface area contributed by atoms with Crippen molar-refractivity contribution in [2.24, 2.45) is 11.0 Å². The first-order chi connectivity index (χ1) is 15.3. The number of carbonyl (C=O) groups excluding carboxylic acids is 3. The Bertz CT molecular complexity index is 1110. The SMILES string of the molecule is O=C(CSc1ccc([N+](=O)[O-])cc1)N/N=C\[C@@H]1C(=O)NC(=S)N(c2ccc(Br)cc2)C1=O. The molecule has 3 rings (SSSR count). The van der Waals surface area contributed by atoms with Crippen LogP contribution in [0.15, 0.2) is 63.0 Å². The van der Waals surface area contributed by atoms with Crippen LogP contribution in [0.4, 0.5) is 11.4 Å². The highest BCUT2D eigenvalue weighted by Crippen LogP contribution is 2.23. The highest BCUT2D eigenvalue weighted by atomic mass is 79.9. The summed E-state index contributed by atoms with van der Waals surface area (Å²) in [5.74, 6) is -3.01. The van der Waals surface area contributed by atoms with Gasteiger partial charge in [-0.3, -0.25) is 29.4 Å². The highest BCUT2D eigenvalue weighted by molar-refractivity contribution is 9.10. The number of hydrogen-bond acceptors (Lipinski definition) is 8. The topological polar surface area (TPSA) is 134 Å². The van der Waals surface area contributed by atoms with Gasteiger partial charge in [-0.25, -0.2) is 5.43 Å². The van der Waals surface area contributed by atoms with Crippen LogP contribution >= 0.6 is 39.9 Å². The fraction of sp³-hybridized carbons (Fsp3) is 0.105. The molecule has 0 radical (unpaired) electrons. The molecule has 1 fully saturated rings. The molecular formula is C19H14BrN5O5S2. The van der Waals surface area contributed by atoms with E-state index in [0.717, 1.165) is 22.4 Å². The molecule has 2 aromatic rings. The van der Waals surface area contributed by atoms with Crippen LogP contribution in [0.2, 0.25) is 0 Å². The average Bonchev–Trinajstić information content (AvgIpc) is 2.76. The van der Waals surface area contributed by atoms with Gasteiger partial charge in [0, 0.05) is 27.7 Å². The Balaban J connectivity index is 1.58. The van der Waals surface area contributed by atoms with Gasteiger partial charge < -0.3 is 5.32 Å². The van der Waals surface area contributed by atoms with E-state index in [-0.39, 0.29) is 16.6 Å². The molecule has 2 N–H and O–H groups in total. The lowest BCUT2D eigenvalue weighted by molar-refractivity contribution is -0.384. The summed E-state index contributed by atoms with van der Waals surface area (Å²) in [5.41, 5.74) is 2.69. The molecule has 32 heavy (non-hydrogen) atoms. The van der Waals surface area contributed by atoms with Crippen LogP contribution in [0, 0.1) is 16.0 Å². The molecular weight excluding hydrogens is 522 g/mol. The zero-order chi connectivity index (χ0) is 23.3. The number of non-ortho nitro benzene ring substituents is 1. The van der Waals surface area contributed by atoms with Crippen molar-refractivity contribution < 1.29 is 19.3 Å². The standard InChI is InChI=1S/C19H14BrN5O5S2/c20-11-1-3-12(4-2-11)24-18(28)15(17(27)22-19(24)31)9-21-23-16(26)10-32-14-7-5-13(6-8-14)25(29)30/h1-9,15H,10H2,(H,23,26)(H,22,27,31)/b21-9-/t15-/m1/s1. The third kappa shape index (κ3) is 5.75. The van der Waals surface area contributed by atoms with Crippen molar-refractivity contribution in [3.63, 3.8) is 0 Å². The van der Waals surface area contributed by atoms with Crippen molar-refractivity contribution in [2.45, 2.75) is 4.90 Å². The predicted octanol–water partition coefficient (Wildman–Crippen LogP) is 2.62. The van der Waals surface area contributed by atoms with E-state index < -0.39 is 28.6 Å². The van der Waals surface area contributed by atoms with Gasteiger partial charge in [0.1, 0.15) is 0 Å². The molecule has 3 amide bonds. The third-order valence-electron chi connectivity index (χ3n) is 4.12. The van der Waals surface area contributed by atoms with Crippen molar-refractivity contribution in [1.29, 1.82) is 0 Å². The van der Waals surface area contributed by atoms with E-state index in [1.54, 1.807) is 24.3 Å². The number of amides is 3. The molecule has 1 aliphatic heterocycles. The monoisotopic (exact) mass is 535 g/mol. The van der Waals surface area contributed by atoms with Crippen LogP contribution in [-0.2, 0) is 14.4 Å². The number of hydrogen-bond donors (Lipinski definition) is 2. The van der Waals surface area contributed by atoms with E-state index in [9.17, 15) is 24.5 Å². The van der Waals surface area contributed by atoms with Gasteiger partial charge in [0.15, 0.2) is 11.0 Å². The smallest absolute Gasteiger partial charge is 0.269 e. The number of anilines is 1. The molecule has 0 aliphatic carbocycles. The zero-order valence-electron chi connectivity index (χ0n) is 16.1. The van der Waals surface area contributed by atoms with E-state index in [0.29, 0.717) is 10.6 Å². The number of nitrogens with zero attached hydrogens (tertiary/aromatic N) is 3. The van der Waals surface area contributed by atoms with Crippen LogP contribution < -0.4 is 15.6 Å². The predicted molar refractivity (Wildman–Crippen MR) is 126 cm³/mol. The van der Waals surface area contributed by atoms with E-state index in [1.165, 1.54) is 29.2 Å². The maximum atomic E-state index is 12.8. The van der Waals surface area contributed by atoms with Gasteiger partial charge in [0.05, 0.1) is 16.4 Å². The van der Waals surface area contributed by atoms with E-state index in [2.05, 4.69) is 31.8 Å². The van der Waals surface area contributed by atoms with Gasteiger partial charge in [-0.2, -0.15) is 5.10 Å².